The topological polar surface area (TPSA) is 35.2 Å². The van der Waals surface area contributed by atoms with Crippen molar-refractivity contribution in [2.45, 2.75) is 13.3 Å². The van der Waals surface area contributed by atoms with Crippen LogP contribution in [0, 0.1) is 12.7 Å². The predicted octanol–water partition coefficient (Wildman–Crippen LogP) is 2.52. The maximum Gasteiger partial charge on any atom is 0.125 e. The second-order valence-electron chi connectivity index (χ2n) is 3.72. The minimum Gasteiger partial charge on any atom is -0.398 e. The second-order valence-corrected chi connectivity index (χ2v) is 3.72. The van der Waals surface area contributed by atoms with Crippen molar-refractivity contribution in [1.82, 2.24) is 0 Å². The Hall–Kier alpha value is -1.35. The monoisotopic (exact) mass is 207 g/mol. The largest absolute Gasteiger partial charge is 0.398 e. The van der Waals surface area contributed by atoms with Crippen molar-refractivity contribution in [3.05, 3.63) is 35.2 Å². The van der Waals surface area contributed by atoms with Crippen LogP contribution in [0.15, 0.2) is 18.2 Å². The SMILES string of the molecule is Cc1c(N)cc(F)cc1C1=CCOCC1. The summed E-state index contributed by atoms with van der Waals surface area (Å²) in [4.78, 5) is 0. The molecule has 0 bridgehead atoms. The summed E-state index contributed by atoms with van der Waals surface area (Å²) in [6.45, 7) is 3.22. The summed E-state index contributed by atoms with van der Waals surface area (Å²) in [6, 6.07) is 2.90. The molecule has 0 aromatic heterocycles. The van der Waals surface area contributed by atoms with Crippen LogP contribution in [-0.2, 0) is 4.74 Å². The van der Waals surface area contributed by atoms with Crippen molar-refractivity contribution in [2.24, 2.45) is 0 Å². The lowest BCUT2D eigenvalue weighted by atomic mass is 9.96. The van der Waals surface area contributed by atoms with Gasteiger partial charge in [-0.25, -0.2) is 4.39 Å². The molecule has 1 aliphatic rings. The Bertz CT molecular complexity index is 412. The molecule has 0 amide bonds. The molecule has 0 aliphatic carbocycles. The zero-order valence-corrected chi connectivity index (χ0v) is 8.72. The Kier molecular flexibility index (Phi) is 2.73. The van der Waals surface area contributed by atoms with E-state index in [0.717, 1.165) is 23.1 Å². The van der Waals surface area contributed by atoms with Crippen LogP contribution in [0.3, 0.4) is 0 Å². The molecule has 0 radical (unpaired) electrons. The van der Waals surface area contributed by atoms with E-state index in [2.05, 4.69) is 0 Å². The van der Waals surface area contributed by atoms with Crippen LogP contribution in [0.1, 0.15) is 17.5 Å². The first-order chi connectivity index (χ1) is 7.18. The lowest BCUT2D eigenvalue weighted by Gasteiger charge is -2.16. The molecule has 1 heterocycles. The lowest BCUT2D eigenvalue weighted by molar-refractivity contribution is 0.161. The van der Waals surface area contributed by atoms with Gasteiger partial charge in [0.25, 0.3) is 0 Å². The Morgan fingerprint density at radius 3 is 2.87 bits per heavy atom. The van der Waals surface area contributed by atoms with Gasteiger partial charge in [0.05, 0.1) is 13.2 Å². The molecule has 80 valence electrons. The van der Waals surface area contributed by atoms with Crippen LogP contribution in [-0.4, -0.2) is 13.2 Å². The van der Waals surface area contributed by atoms with Crippen molar-refractivity contribution in [1.29, 1.82) is 0 Å². The highest BCUT2D eigenvalue weighted by molar-refractivity contribution is 5.72. The molecular formula is C12H14FNO. The summed E-state index contributed by atoms with van der Waals surface area (Å²) < 4.78 is 18.4. The van der Waals surface area contributed by atoms with Gasteiger partial charge in [-0.1, -0.05) is 6.08 Å². The maximum absolute atomic E-state index is 13.2. The number of nitrogen functional groups attached to an aromatic ring is 1. The highest BCUT2D eigenvalue weighted by atomic mass is 19.1. The summed E-state index contributed by atoms with van der Waals surface area (Å²) in [5.74, 6) is -0.277. The minimum atomic E-state index is -0.277. The van der Waals surface area contributed by atoms with Gasteiger partial charge in [0.1, 0.15) is 5.82 Å². The summed E-state index contributed by atoms with van der Waals surface area (Å²) in [7, 11) is 0. The first-order valence-electron chi connectivity index (χ1n) is 5.01. The van der Waals surface area contributed by atoms with Gasteiger partial charge < -0.3 is 10.5 Å². The third-order valence-electron chi connectivity index (χ3n) is 2.72. The molecular weight excluding hydrogens is 193 g/mol. The predicted molar refractivity (Wildman–Crippen MR) is 59.0 cm³/mol. The standard InChI is InChI=1S/C12H14FNO/c1-8-11(6-10(13)7-12(8)14)9-2-4-15-5-3-9/h2,6-7H,3-5,14H2,1H3. The molecule has 0 unspecified atom stereocenters. The van der Waals surface area contributed by atoms with Gasteiger partial charge in [-0.05, 0) is 42.2 Å². The molecule has 1 aliphatic heterocycles. The van der Waals surface area contributed by atoms with E-state index in [9.17, 15) is 4.39 Å². The fourth-order valence-corrected chi connectivity index (χ4v) is 1.81. The molecule has 2 rings (SSSR count). The molecule has 3 heteroatoms. The van der Waals surface area contributed by atoms with E-state index in [1.54, 1.807) is 6.07 Å². The Morgan fingerprint density at radius 2 is 2.20 bits per heavy atom. The minimum absolute atomic E-state index is 0.277. The summed E-state index contributed by atoms with van der Waals surface area (Å²) in [5, 5.41) is 0. The Morgan fingerprint density at radius 1 is 1.40 bits per heavy atom. The third-order valence-corrected chi connectivity index (χ3v) is 2.72. The molecule has 1 aromatic carbocycles. The number of benzene rings is 1. The number of halogens is 1. The van der Waals surface area contributed by atoms with Gasteiger partial charge in [-0.15, -0.1) is 0 Å². The number of hydrogen-bond acceptors (Lipinski definition) is 2. The molecule has 0 atom stereocenters. The first kappa shape index (κ1) is 10.2. The fourth-order valence-electron chi connectivity index (χ4n) is 1.81. The van der Waals surface area contributed by atoms with Gasteiger partial charge >= 0.3 is 0 Å². The van der Waals surface area contributed by atoms with Crippen molar-refractivity contribution in [2.75, 3.05) is 18.9 Å². The third kappa shape index (κ3) is 2.02. The van der Waals surface area contributed by atoms with Crippen molar-refractivity contribution in [3.63, 3.8) is 0 Å². The van der Waals surface area contributed by atoms with Gasteiger partial charge in [0.2, 0.25) is 0 Å². The number of ether oxygens (including phenoxy) is 1. The van der Waals surface area contributed by atoms with Gasteiger partial charge in [-0.2, -0.15) is 0 Å². The van der Waals surface area contributed by atoms with Gasteiger partial charge in [0.15, 0.2) is 0 Å². The van der Waals surface area contributed by atoms with E-state index >= 15 is 0 Å². The lowest BCUT2D eigenvalue weighted by Crippen LogP contribution is -2.06. The number of nitrogens with two attached hydrogens (primary N) is 1. The zero-order valence-electron chi connectivity index (χ0n) is 8.72. The molecule has 1 aromatic rings. The van der Waals surface area contributed by atoms with Gasteiger partial charge in [0, 0.05) is 5.69 Å². The fraction of sp³-hybridized carbons (Fsp3) is 0.333. The summed E-state index contributed by atoms with van der Waals surface area (Å²) in [6.07, 6.45) is 2.81. The van der Waals surface area contributed by atoms with Crippen LogP contribution < -0.4 is 5.73 Å². The van der Waals surface area contributed by atoms with E-state index in [-0.39, 0.29) is 5.82 Å². The highest BCUT2D eigenvalue weighted by Crippen LogP contribution is 2.28. The highest BCUT2D eigenvalue weighted by Gasteiger charge is 2.11. The van der Waals surface area contributed by atoms with E-state index in [1.807, 2.05) is 13.0 Å². The smallest absolute Gasteiger partial charge is 0.125 e. The first-order valence-corrected chi connectivity index (χ1v) is 5.01. The van der Waals surface area contributed by atoms with Crippen molar-refractivity contribution in [3.8, 4) is 0 Å². The second kappa shape index (κ2) is 4.03. The average molecular weight is 207 g/mol. The van der Waals surface area contributed by atoms with E-state index in [4.69, 9.17) is 10.5 Å². The molecule has 0 saturated heterocycles. The van der Waals surface area contributed by atoms with E-state index < -0.39 is 0 Å². The molecule has 0 saturated carbocycles. The Labute approximate surface area is 88.5 Å². The summed E-state index contributed by atoms with van der Waals surface area (Å²) in [5.41, 5.74) is 9.23. The summed E-state index contributed by atoms with van der Waals surface area (Å²) >= 11 is 0. The van der Waals surface area contributed by atoms with Gasteiger partial charge in [-0.3, -0.25) is 0 Å². The van der Waals surface area contributed by atoms with Crippen LogP contribution in [0.4, 0.5) is 10.1 Å². The van der Waals surface area contributed by atoms with E-state index in [1.165, 1.54) is 6.07 Å². The molecule has 0 spiro atoms. The number of anilines is 1. The molecule has 2 N–H and O–H groups in total. The van der Waals surface area contributed by atoms with Crippen LogP contribution in [0.2, 0.25) is 0 Å². The number of rotatable bonds is 1. The van der Waals surface area contributed by atoms with Crippen LogP contribution >= 0.6 is 0 Å². The molecule has 2 nitrogen and oxygen atoms in total. The van der Waals surface area contributed by atoms with Crippen LogP contribution in [0.5, 0.6) is 0 Å². The maximum atomic E-state index is 13.2. The zero-order chi connectivity index (χ0) is 10.8. The quantitative estimate of drug-likeness (QED) is 0.718. The normalized spacial score (nSPS) is 16.3. The Balaban J connectivity index is 2.46. The molecule has 0 fully saturated rings. The number of hydrogen-bond donors (Lipinski definition) is 1. The van der Waals surface area contributed by atoms with Crippen molar-refractivity contribution < 1.29 is 9.13 Å². The van der Waals surface area contributed by atoms with Crippen LogP contribution in [0.25, 0.3) is 5.57 Å². The molecule has 15 heavy (non-hydrogen) atoms. The average Bonchev–Trinajstić information content (AvgIpc) is 2.24. The van der Waals surface area contributed by atoms with Crippen molar-refractivity contribution >= 4 is 11.3 Å². The van der Waals surface area contributed by atoms with E-state index in [0.29, 0.717) is 18.9 Å².